The average Bonchev–Trinajstić information content (AvgIpc) is 3.05. The van der Waals surface area contributed by atoms with Crippen molar-refractivity contribution in [1.29, 1.82) is 0 Å². The second-order valence-electron chi connectivity index (χ2n) is 7.66. The molecule has 1 unspecified atom stereocenters. The summed E-state index contributed by atoms with van der Waals surface area (Å²) in [5.74, 6) is -0.0450. The number of carbonyl (C=O) groups is 2. The monoisotopic (exact) mass is 387 g/mol. The van der Waals surface area contributed by atoms with Gasteiger partial charge in [-0.3, -0.25) is 9.59 Å². The number of aromatic nitrogens is 1. The first kappa shape index (κ1) is 19.0. The van der Waals surface area contributed by atoms with Gasteiger partial charge in [0.2, 0.25) is 5.91 Å². The maximum atomic E-state index is 12.7. The summed E-state index contributed by atoms with van der Waals surface area (Å²) in [5.41, 5.74) is 7.02. The highest BCUT2D eigenvalue weighted by Gasteiger charge is 2.17. The Balaban J connectivity index is 1.47. The number of hydrogen-bond donors (Lipinski definition) is 2. The van der Waals surface area contributed by atoms with E-state index in [2.05, 4.69) is 47.2 Å². The Morgan fingerprint density at radius 3 is 2.38 bits per heavy atom. The smallest absolute Gasteiger partial charge is 0.251 e. The normalized spacial score (nSPS) is 14.1. The van der Waals surface area contributed by atoms with Gasteiger partial charge in [-0.1, -0.05) is 12.1 Å². The number of rotatable bonds is 4. The van der Waals surface area contributed by atoms with Crippen LogP contribution in [0.2, 0.25) is 0 Å². The molecular weight excluding hydrogens is 362 g/mol. The number of anilines is 1. The quantitative estimate of drug-likeness (QED) is 0.694. The maximum Gasteiger partial charge on any atom is 0.251 e. The standard InChI is InChI=1S/C24H25N3O2/c1-15-4-5-16(2)27(15)21-10-6-18(7-11-21)24(29)25-17(3)19-8-12-22-20(14-19)9-13-23(28)26-22/h4-8,10-12,14,17H,9,13H2,1-3H3,(H,25,29)(H,26,28). The summed E-state index contributed by atoms with van der Waals surface area (Å²) in [7, 11) is 0. The first-order chi connectivity index (χ1) is 13.9. The number of carbonyl (C=O) groups excluding carboxylic acids is 2. The van der Waals surface area contributed by atoms with Gasteiger partial charge in [-0.25, -0.2) is 0 Å². The fraction of sp³-hybridized carbons (Fsp3) is 0.250. The highest BCUT2D eigenvalue weighted by atomic mass is 16.2. The van der Waals surface area contributed by atoms with Crippen molar-refractivity contribution in [2.24, 2.45) is 0 Å². The summed E-state index contributed by atoms with van der Waals surface area (Å²) in [6, 6.07) is 17.7. The second kappa shape index (κ2) is 7.59. The van der Waals surface area contributed by atoms with Gasteiger partial charge in [0, 0.05) is 34.7 Å². The number of nitrogens with zero attached hydrogens (tertiary/aromatic N) is 1. The Labute approximate surface area is 170 Å². The van der Waals surface area contributed by atoms with E-state index in [0.717, 1.165) is 40.3 Å². The van der Waals surface area contributed by atoms with E-state index in [1.165, 1.54) is 0 Å². The molecule has 2 heterocycles. The zero-order chi connectivity index (χ0) is 20.5. The largest absolute Gasteiger partial charge is 0.346 e. The van der Waals surface area contributed by atoms with Crippen molar-refractivity contribution in [3.8, 4) is 5.69 Å². The SMILES string of the molecule is Cc1ccc(C)n1-c1ccc(C(=O)NC(C)c2ccc3c(c2)CCC(=O)N3)cc1. The first-order valence-corrected chi connectivity index (χ1v) is 9.91. The summed E-state index contributed by atoms with van der Waals surface area (Å²) >= 11 is 0. The topological polar surface area (TPSA) is 63.1 Å². The third kappa shape index (κ3) is 3.81. The van der Waals surface area contributed by atoms with E-state index in [4.69, 9.17) is 0 Å². The average molecular weight is 387 g/mol. The van der Waals surface area contributed by atoms with Gasteiger partial charge >= 0.3 is 0 Å². The molecule has 148 valence electrons. The Hall–Kier alpha value is -3.34. The van der Waals surface area contributed by atoms with Crippen molar-refractivity contribution in [2.75, 3.05) is 5.32 Å². The van der Waals surface area contributed by atoms with Gasteiger partial charge in [-0.2, -0.15) is 0 Å². The number of hydrogen-bond acceptors (Lipinski definition) is 2. The second-order valence-corrected chi connectivity index (χ2v) is 7.66. The van der Waals surface area contributed by atoms with Crippen molar-refractivity contribution in [1.82, 2.24) is 9.88 Å². The molecule has 5 nitrogen and oxygen atoms in total. The highest BCUT2D eigenvalue weighted by molar-refractivity contribution is 5.95. The fourth-order valence-corrected chi connectivity index (χ4v) is 3.87. The molecule has 5 heteroatoms. The minimum Gasteiger partial charge on any atom is -0.346 e. The molecule has 2 amide bonds. The lowest BCUT2D eigenvalue weighted by Crippen LogP contribution is -2.27. The van der Waals surface area contributed by atoms with Gasteiger partial charge in [-0.05, 0) is 80.8 Å². The van der Waals surface area contributed by atoms with Crippen molar-refractivity contribution in [2.45, 2.75) is 39.7 Å². The van der Waals surface area contributed by atoms with E-state index in [-0.39, 0.29) is 17.9 Å². The molecule has 2 N–H and O–H groups in total. The Kier molecular flexibility index (Phi) is 4.97. The molecule has 1 aliphatic heterocycles. The van der Waals surface area contributed by atoms with Crippen molar-refractivity contribution >= 4 is 17.5 Å². The number of fused-ring (bicyclic) bond motifs is 1. The third-order valence-corrected chi connectivity index (χ3v) is 5.53. The third-order valence-electron chi connectivity index (χ3n) is 5.53. The lowest BCUT2D eigenvalue weighted by atomic mass is 9.97. The highest BCUT2D eigenvalue weighted by Crippen LogP contribution is 2.26. The van der Waals surface area contributed by atoms with E-state index in [0.29, 0.717) is 12.0 Å². The van der Waals surface area contributed by atoms with Crippen LogP contribution in [0, 0.1) is 13.8 Å². The summed E-state index contributed by atoms with van der Waals surface area (Å²) < 4.78 is 2.16. The molecule has 3 aromatic rings. The van der Waals surface area contributed by atoms with Crippen LogP contribution in [0.25, 0.3) is 5.69 Å². The molecule has 0 fully saturated rings. The predicted octanol–water partition coefficient (Wildman–Crippen LogP) is 4.47. The van der Waals surface area contributed by atoms with E-state index < -0.39 is 0 Å². The number of amides is 2. The van der Waals surface area contributed by atoms with Crippen molar-refractivity contribution < 1.29 is 9.59 Å². The molecule has 0 spiro atoms. The Morgan fingerprint density at radius 1 is 1.00 bits per heavy atom. The number of benzene rings is 2. The molecule has 0 bridgehead atoms. The molecule has 1 aromatic heterocycles. The molecule has 0 saturated carbocycles. The number of nitrogens with one attached hydrogen (secondary N) is 2. The molecule has 1 aliphatic rings. The Bertz CT molecular complexity index is 1060. The first-order valence-electron chi connectivity index (χ1n) is 9.91. The van der Waals surface area contributed by atoms with Crippen molar-refractivity contribution in [3.63, 3.8) is 0 Å². The molecule has 0 aliphatic carbocycles. The minimum atomic E-state index is -0.126. The molecule has 29 heavy (non-hydrogen) atoms. The summed E-state index contributed by atoms with van der Waals surface area (Å²) in [5, 5.41) is 5.96. The van der Waals surface area contributed by atoms with Crippen LogP contribution in [0.3, 0.4) is 0 Å². The summed E-state index contributed by atoms with van der Waals surface area (Å²) in [4.78, 5) is 24.2. The van der Waals surface area contributed by atoms with Gasteiger partial charge in [0.05, 0.1) is 6.04 Å². The molecule has 1 atom stereocenters. The Morgan fingerprint density at radius 2 is 1.69 bits per heavy atom. The summed E-state index contributed by atoms with van der Waals surface area (Å²) in [6.07, 6.45) is 1.24. The van der Waals surface area contributed by atoms with Gasteiger partial charge in [0.15, 0.2) is 0 Å². The molecule has 2 aromatic carbocycles. The van der Waals surface area contributed by atoms with E-state index in [1.807, 2.05) is 43.3 Å². The van der Waals surface area contributed by atoms with Crippen LogP contribution in [0.5, 0.6) is 0 Å². The lowest BCUT2D eigenvalue weighted by Gasteiger charge is -2.20. The predicted molar refractivity (Wildman–Crippen MR) is 115 cm³/mol. The van der Waals surface area contributed by atoms with Gasteiger partial charge in [0.25, 0.3) is 5.91 Å². The molecule has 0 radical (unpaired) electrons. The van der Waals surface area contributed by atoms with Crippen LogP contribution in [0.15, 0.2) is 54.6 Å². The zero-order valence-electron chi connectivity index (χ0n) is 17.0. The van der Waals surface area contributed by atoms with Crippen LogP contribution >= 0.6 is 0 Å². The van der Waals surface area contributed by atoms with Gasteiger partial charge in [0.1, 0.15) is 0 Å². The number of aryl methyl sites for hydroxylation is 3. The molecule has 0 saturated heterocycles. The lowest BCUT2D eigenvalue weighted by molar-refractivity contribution is -0.116. The molecule has 4 rings (SSSR count). The van der Waals surface area contributed by atoms with Crippen LogP contribution in [0.1, 0.15) is 52.3 Å². The van der Waals surface area contributed by atoms with Crippen LogP contribution < -0.4 is 10.6 Å². The van der Waals surface area contributed by atoms with E-state index in [9.17, 15) is 9.59 Å². The maximum absolute atomic E-state index is 12.7. The molecular formula is C24H25N3O2. The zero-order valence-corrected chi connectivity index (χ0v) is 17.0. The minimum absolute atomic E-state index is 0.0559. The van der Waals surface area contributed by atoms with Gasteiger partial charge in [-0.15, -0.1) is 0 Å². The fourth-order valence-electron chi connectivity index (χ4n) is 3.87. The summed E-state index contributed by atoms with van der Waals surface area (Å²) in [6.45, 7) is 6.11. The van der Waals surface area contributed by atoms with E-state index in [1.54, 1.807) is 0 Å². The van der Waals surface area contributed by atoms with Crippen LogP contribution in [0.4, 0.5) is 5.69 Å². The van der Waals surface area contributed by atoms with Crippen LogP contribution in [-0.2, 0) is 11.2 Å². The van der Waals surface area contributed by atoms with Crippen molar-refractivity contribution in [3.05, 3.63) is 82.7 Å². The van der Waals surface area contributed by atoms with E-state index >= 15 is 0 Å². The van der Waals surface area contributed by atoms with Gasteiger partial charge < -0.3 is 15.2 Å². The van der Waals surface area contributed by atoms with Crippen LogP contribution in [-0.4, -0.2) is 16.4 Å².